The van der Waals surface area contributed by atoms with Crippen LogP contribution in [0.4, 0.5) is 0 Å². The minimum atomic E-state index is -0.310. The molecule has 0 aliphatic carbocycles. The summed E-state index contributed by atoms with van der Waals surface area (Å²) >= 11 is 0. The third kappa shape index (κ3) is 2.13. The van der Waals surface area contributed by atoms with Crippen molar-refractivity contribution in [2.24, 2.45) is 5.73 Å². The van der Waals surface area contributed by atoms with Gasteiger partial charge in [-0.15, -0.1) is 0 Å². The van der Waals surface area contributed by atoms with Crippen LogP contribution in [-0.2, 0) is 24.4 Å². The molecule has 1 heterocycles. The highest BCUT2D eigenvalue weighted by Gasteiger charge is 2.22. The Hall–Kier alpha value is -1.06. The van der Waals surface area contributed by atoms with Crippen molar-refractivity contribution in [3.8, 4) is 5.75 Å². The van der Waals surface area contributed by atoms with Crippen LogP contribution in [0, 0.1) is 0 Å². The van der Waals surface area contributed by atoms with Gasteiger partial charge in [-0.2, -0.15) is 0 Å². The molecule has 0 fully saturated rings. The average Bonchev–Trinajstić information content (AvgIpc) is 2.56. The van der Waals surface area contributed by atoms with Crippen LogP contribution in [0.3, 0.4) is 0 Å². The molecule has 0 aromatic heterocycles. The molecule has 0 saturated heterocycles. The minimum Gasteiger partial charge on any atom is -0.508 e. The van der Waals surface area contributed by atoms with E-state index < -0.39 is 0 Å². The summed E-state index contributed by atoms with van der Waals surface area (Å²) in [5, 5.41) is 9.83. The first-order valence-electron chi connectivity index (χ1n) is 5.16. The number of phenols is 1. The summed E-state index contributed by atoms with van der Waals surface area (Å²) < 4.78 is 5.37. The molecule has 1 aliphatic heterocycles. The lowest BCUT2D eigenvalue weighted by atomic mass is 9.91. The van der Waals surface area contributed by atoms with Gasteiger partial charge < -0.3 is 15.6 Å². The van der Waals surface area contributed by atoms with Gasteiger partial charge in [0.2, 0.25) is 0 Å². The molecule has 2 rings (SSSR count). The van der Waals surface area contributed by atoms with Crippen molar-refractivity contribution in [2.75, 3.05) is 0 Å². The van der Waals surface area contributed by atoms with Crippen LogP contribution < -0.4 is 5.73 Å². The summed E-state index contributed by atoms with van der Waals surface area (Å²) in [5.74, 6) is 0.331. The van der Waals surface area contributed by atoms with E-state index in [4.69, 9.17) is 10.5 Å². The first kappa shape index (κ1) is 10.5. The maximum atomic E-state index is 9.83. The standard InChI is InChI=1S/C12H17NO2/c1-12(2,13)5-9-10-7-15-6-8(10)3-4-11(9)14/h3-4,14H,5-7,13H2,1-2H3. The molecule has 0 saturated carbocycles. The van der Waals surface area contributed by atoms with Gasteiger partial charge in [-0.1, -0.05) is 6.07 Å². The number of hydrogen-bond acceptors (Lipinski definition) is 3. The van der Waals surface area contributed by atoms with E-state index in [1.165, 1.54) is 5.56 Å². The topological polar surface area (TPSA) is 55.5 Å². The van der Waals surface area contributed by atoms with Crippen LogP contribution in [0.2, 0.25) is 0 Å². The maximum absolute atomic E-state index is 9.83. The Bertz CT molecular complexity index is 380. The summed E-state index contributed by atoms with van der Waals surface area (Å²) in [4.78, 5) is 0. The number of phenolic OH excluding ortho intramolecular Hbond substituents is 1. The summed E-state index contributed by atoms with van der Waals surface area (Å²) in [6.45, 7) is 5.16. The molecule has 15 heavy (non-hydrogen) atoms. The molecule has 0 atom stereocenters. The quantitative estimate of drug-likeness (QED) is 0.776. The Morgan fingerprint density at radius 2 is 2.13 bits per heavy atom. The van der Waals surface area contributed by atoms with Crippen molar-refractivity contribution in [3.63, 3.8) is 0 Å². The van der Waals surface area contributed by atoms with Crippen molar-refractivity contribution in [1.82, 2.24) is 0 Å². The molecule has 3 heteroatoms. The molecule has 0 amide bonds. The fourth-order valence-corrected chi connectivity index (χ4v) is 1.96. The molecule has 1 aromatic rings. The van der Waals surface area contributed by atoms with Crippen molar-refractivity contribution < 1.29 is 9.84 Å². The van der Waals surface area contributed by atoms with E-state index in [9.17, 15) is 5.11 Å². The average molecular weight is 207 g/mol. The van der Waals surface area contributed by atoms with E-state index in [0.717, 1.165) is 11.1 Å². The SMILES string of the molecule is CC(C)(N)Cc1c(O)ccc2c1COC2. The Morgan fingerprint density at radius 1 is 1.40 bits per heavy atom. The van der Waals surface area contributed by atoms with Gasteiger partial charge in [0.25, 0.3) is 0 Å². The van der Waals surface area contributed by atoms with E-state index in [-0.39, 0.29) is 5.54 Å². The second-order valence-corrected chi connectivity index (χ2v) is 4.86. The summed E-state index contributed by atoms with van der Waals surface area (Å²) in [7, 11) is 0. The van der Waals surface area contributed by atoms with Crippen molar-refractivity contribution >= 4 is 0 Å². The van der Waals surface area contributed by atoms with Crippen LogP contribution in [0.25, 0.3) is 0 Å². The zero-order valence-electron chi connectivity index (χ0n) is 9.21. The van der Waals surface area contributed by atoms with Gasteiger partial charge in [0.1, 0.15) is 5.75 Å². The number of ether oxygens (including phenoxy) is 1. The van der Waals surface area contributed by atoms with Gasteiger partial charge in [-0.3, -0.25) is 0 Å². The highest BCUT2D eigenvalue weighted by Crippen LogP contribution is 2.32. The van der Waals surface area contributed by atoms with Gasteiger partial charge in [-0.25, -0.2) is 0 Å². The third-order valence-electron chi connectivity index (χ3n) is 2.64. The molecular weight excluding hydrogens is 190 g/mol. The molecule has 3 N–H and O–H groups in total. The number of hydrogen-bond donors (Lipinski definition) is 2. The maximum Gasteiger partial charge on any atom is 0.119 e. The zero-order valence-corrected chi connectivity index (χ0v) is 9.21. The van der Waals surface area contributed by atoms with Crippen LogP contribution in [0.5, 0.6) is 5.75 Å². The summed E-state index contributed by atoms with van der Waals surface area (Å²) in [6, 6.07) is 3.65. The summed E-state index contributed by atoms with van der Waals surface area (Å²) in [5.41, 5.74) is 8.90. The Morgan fingerprint density at radius 3 is 2.80 bits per heavy atom. The Kier molecular flexibility index (Phi) is 2.44. The fraction of sp³-hybridized carbons (Fsp3) is 0.500. The number of benzene rings is 1. The second kappa shape index (κ2) is 3.51. The van der Waals surface area contributed by atoms with Crippen LogP contribution in [0.1, 0.15) is 30.5 Å². The summed E-state index contributed by atoms with van der Waals surface area (Å²) in [6.07, 6.45) is 0.672. The van der Waals surface area contributed by atoms with E-state index >= 15 is 0 Å². The van der Waals surface area contributed by atoms with Gasteiger partial charge in [0.05, 0.1) is 13.2 Å². The number of aromatic hydroxyl groups is 1. The Balaban J connectivity index is 2.41. The van der Waals surface area contributed by atoms with E-state index in [1.807, 2.05) is 19.9 Å². The molecule has 1 aliphatic rings. The molecule has 82 valence electrons. The molecular formula is C12H17NO2. The normalized spacial score (nSPS) is 15.4. The van der Waals surface area contributed by atoms with Gasteiger partial charge >= 0.3 is 0 Å². The van der Waals surface area contributed by atoms with E-state index in [0.29, 0.717) is 25.4 Å². The highest BCUT2D eigenvalue weighted by molar-refractivity contribution is 5.46. The van der Waals surface area contributed by atoms with E-state index in [2.05, 4.69) is 0 Å². The van der Waals surface area contributed by atoms with Gasteiger partial charge in [-0.05, 0) is 37.5 Å². The first-order chi connectivity index (χ1) is 6.97. The number of nitrogens with two attached hydrogens (primary N) is 1. The zero-order chi connectivity index (χ0) is 11.1. The lowest BCUT2D eigenvalue weighted by Crippen LogP contribution is -2.34. The molecule has 0 unspecified atom stereocenters. The molecule has 3 nitrogen and oxygen atoms in total. The predicted molar refractivity (Wildman–Crippen MR) is 58.6 cm³/mol. The molecule has 0 spiro atoms. The molecule has 0 radical (unpaired) electrons. The van der Waals surface area contributed by atoms with Crippen LogP contribution >= 0.6 is 0 Å². The Labute approximate surface area is 89.9 Å². The van der Waals surface area contributed by atoms with Gasteiger partial charge in [0.15, 0.2) is 0 Å². The predicted octanol–water partition coefficient (Wildman–Crippen LogP) is 1.70. The van der Waals surface area contributed by atoms with Crippen LogP contribution in [-0.4, -0.2) is 10.6 Å². The number of fused-ring (bicyclic) bond motifs is 1. The van der Waals surface area contributed by atoms with Crippen molar-refractivity contribution in [1.29, 1.82) is 0 Å². The minimum absolute atomic E-state index is 0.310. The van der Waals surface area contributed by atoms with E-state index in [1.54, 1.807) is 6.07 Å². The second-order valence-electron chi connectivity index (χ2n) is 4.86. The van der Waals surface area contributed by atoms with Gasteiger partial charge in [0, 0.05) is 11.1 Å². The first-order valence-corrected chi connectivity index (χ1v) is 5.16. The lowest BCUT2D eigenvalue weighted by molar-refractivity contribution is 0.134. The number of rotatable bonds is 2. The van der Waals surface area contributed by atoms with Crippen molar-refractivity contribution in [2.45, 2.75) is 39.0 Å². The third-order valence-corrected chi connectivity index (χ3v) is 2.64. The monoisotopic (exact) mass is 207 g/mol. The molecule has 1 aromatic carbocycles. The smallest absolute Gasteiger partial charge is 0.119 e. The largest absolute Gasteiger partial charge is 0.508 e. The van der Waals surface area contributed by atoms with Crippen LogP contribution in [0.15, 0.2) is 12.1 Å². The van der Waals surface area contributed by atoms with Crippen molar-refractivity contribution in [3.05, 3.63) is 28.8 Å². The fourth-order valence-electron chi connectivity index (χ4n) is 1.96. The molecule has 0 bridgehead atoms. The lowest BCUT2D eigenvalue weighted by Gasteiger charge is -2.21. The highest BCUT2D eigenvalue weighted by atomic mass is 16.5.